The molecule has 0 saturated heterocycles. The van der Waals surface area contributed by atoms with E-state index >= 15 is 0 Å². The third-order valence-electron chi connectivity index (χ3n) is 1.39. The van der Waals surface area contributed by atoms with Gasteiger partial charge in [0.1, 0.15) is 0 Å². The molecule has 11 heavy (non-hydrogen) atoms. The molecule has 2 aromatic rings. The van der Waals surface area contributed by atoms with Gasteiger partial charge in [-0.15, -0.1) is 11.3 Å². The summed E-state index contributed by atoms with van der Waals surface area (Å²) in [6, 6.07) is 3.30. The van der Waals surface area contributed by atoms with Crippen LogP contribution in [0.2, 0.25) is 0 Å². The standard InChI is InChI=1S/C7H6N2OS/c1-4-8-7-5(11-4)2-3-6(10)9-7/h2-3H,1H3,(H,9,10). The van der Waals surface area contributed by atoms with Crippen molar-refractivity contribution in [3.8, 4) is 0 Å². The van der Waals surface area contributed by atoms with Gasteiger partial charge < -0.3 is 4.98 Å². The van der Waals surface area contributed by atoms with Crippen molar-refractivity contribution in [3.63, 3.8) is 0 Å². The second kappa shape index (κ2) is 2.17. The first-order valence-electron chi connectivity index (χ1n) is 3.22. The van der Waals surface area contributed by atoms with Crippen LogP contribution in [-0.2, 0) is 0 Å². The first-order valence-corrected chi connectivity index (χ1v) is 4.04. The summed E-state index contributed by atoms with van der Waals surface area (Å²) in [6.07, 6.45) is 0. The van der Waals surface area contributed by atoms with Gasteiger partial charge in [-0.25, -0.2) is 4.98 Å². The number of hydrogen-bond acceptors (Lipinski definition) is 3. The second-order valence-electron chi connectivity index (χ2n) is 2.27. The van der Waals surface area contributed by atoms with E-state index in [0.717, 1.165) is 9.71 Å². The Morgan fingerprint density at radius 1 is 1.55 bits per heavy atom. The number of aryl methyl sites for hydroxylation is 1. The number of nitrogens with one attached hydrogen (secondary N) is 1. The summed E-state index contributed by atoms with van der Waals surface area (Å²) in [5.41, 5.74) is 0.600. The van der Waals surface area contributed by atoms with E-state index in [4.69, 9.17) is 0 Å². The fraction of sp³-hybridized carbons (Fsp3) is 0.143. The number of aromatic nitrogens is 2. The van der Waals surface area contributed by atoms with Crippen molar-refractivity contribution in [2.45, 2.75) is 6.92 Å². The lowest BCUT2D eigenvalue weighted by molar-refractivity contribution is 1.23. The summed E-state index contributed by atoms with van der Waals surface area (Å²) in [4.78, 5) is 17.6. The molecule has 2 rings (SSSR count). The van der Waals surface area contributed by atoms with E-state index in [1.165, 1.54) is 6.07 Å². The molecule has 0 saturated carbocycles. The Kier molecular flexibility index (Phi) is 1.29. The molecule has 2 heterocycles. The zero-order valence-electron chi connectivity index (χ0n) is 5.92. The van der Waals surface area contributed by atoms with Gasteiger partial charge in [-0.2, -0.15) is 0 Å². The Bertz CT molecular complexity index is 443. The lowest BCUT2D eigenvalue weighted by Gasteiger charge is -1.82. The third-order valence-corrected chi connectivity index (χ3v) is 2.32. The molecule has 0 aromatic carbocycles. The van der Waals surface area contributed by atoms with Crippen LogP contribution < -0.4 is 5.56 Å². The molecule has 4 heteroatoms. The maximum absolute atomic E-state index is 10.8. The molecule has 1 N–H and O–H groups in total. The molecule has 0 atom stereocenters. The smallest absolute Gasteiger partial charge is 0.249 e. The summed E-state index contributed by atoms with van der Waals surface area (Å²) in [7, 11) is 0. The largest absolute Gasteiger partial charge is 0.306 e. The molecular weight excluding hydrogens is 160 g/mol. The second-order valence-corrected chi connectivity index (χ2v) is 3.50. The van der Waals surface area contributed by atoms with E-state index in [2.05, 4.69) is 9.97 Å². The average molecular weight is 166 g/mol. The van der Waals surface area contributed by atoms with Crippen LogP contribution in [0.1, 0.15) is 5.01 Å². The van der Waals surface area contributed by atoms with E-state index in [-0.39, 0.29) is 5.56 Å². The highest BCUT2D eigenvalue weighted by molar-refractivity contribution is 7.18. The zero-order chi connectivity index (χ0) is 7.84. The number of pyridine rings is 1. The minimum atomic E-state index is -0.0946. The Morgan fingerprint density at radius 3 is 3.18 bits per heavy atom. The van der Waals surface area contributed by atoms with Gasteiger partial charge in [0.2, 0.25) is 5.56 Å². The minimum absolute atomic E-state index is 0.0946. The average Bonchev–Trinajstić information content (AvgIpc) is 2.27. The lowest BCUT2D eigenvalue weighted by atomic mass is 10.5. The van der Waals surface area contributed by atoms with Gasteiger partial charge >= 0.3 is 0 Å². The molecule has 0 aliphatic heterocycles. The molecule has 0 unspecified atom stereocenters. The zero-order valence-corrected chi connectivity index (χ0v) is 6.73. The van der Waals surface area contributed by atoms with Gasteiger partial charge in [-0.05, 0) is 13.0 Å². The van der Waals surface area contributed by atoms with Crippen molar-refractivity contribution < 1.29 is 0 Å². The van der Waals surface area contributed by atoms with Crippen molar-refractivity contribution in [2.24, 2.45) is 0 Å². The van der Waals surface area contributed by atoms with Gasteiger partial charge in [0.15, 0.2) is 5.65 Å². The van der Waals surface area contributed by atoms with Crippen LogP contribution in [0.5, 0.6) is 0 Å². The number of nitrogens with zero attached hydrogens (tertiary/aromatic N) is 1. The van der Waals surface area contributed by atoms with Gasteiger partial charge in [0.25, 0.3) is 0 Å². The summed E-state index contributed by atoms with van der Waals surface area (Å²) in [6.45, 7) is 1.92. The third kappa shape index (κ3) is 1.05. The van der Waals surface area contributed by atoms with Crippen LogP contribution in [0.4, 0.5) is 0 Å². The van der Waals surface area contributed by atoms with Crippen molar-refractivity contribution >= 4 is 21.7 Å². The summed E-state index contributed by atoms with van der Waals surface area (Å²) in [5, 5.41) is 0.974. The maximum atomic E-state index is 10.8. The SMILES string of the molecule is Cc1nc2[nH]c(=O)ccc2s1. The Labute approximate surface area is 66.7 Å². The molecule has 0 aliphatic carbocycles. The molecule has 3 nitrogen and oxygen atoms in total. The highest BCUT2D eigenvalue weighted by Crippen LogP contribution is 2.16. The van der Waals surface area contributed by atoms with Gasteiger partial charge in [-0.1, -0.05) is 0 Å². The molecule has 0 spiro atoms. The molecule has 0 bridgehead atoms. The first kappa shape index (κ1) is 6.54. The molecule has 56 valence electrons. The van der Waals surface area contributed by atoms with Crippen LogP contribution in [0.25, 0.3) is 10.3 Å². The van der Waals surface area contributed by atoms with Crippen molar-refractivity contribution in [1.82, 2.24) is 9.97 Å². The summed E-state index contributed by atoms with van der Waals surface area (Å²) < 4.78 is 1.03. The highest BCUT2D eigenvalue weighted by Gasteiger charge is 1.98. The topological polar surface area (TPSA) is 45.8 Å². The first-order chi connectivity index (χ1) is 5.25. The number of fused-ring (bicyclic) bond motifs is 1. The van der Waals surface area contributed by atoms with Gasteiger partial charge in [-0.3, -0.25) is 4.79 Å². The Morgan fingerprint density at radius 2 is 2.36 bits per heavy atom. The summed E-state index contributed by atoms with van der Waals surface area (Å²) in [5.74, 6) is 0. The highest BCUT2D eigenvalue weighted by atomic mass is 32.1. The van der Waals surface area contributed by atoms with Crippen molar-refractivity contribution in [2.75, 3.05) is 0 Å². The monoisotopic (exact) mass is 166 g/mol. The molecule has 0 amide bonds. The number of H-pyrrole nitrogens is 1. The number of thiazole rings is 1. The molecule has 0 aliphatic rings. The van der Waals surface area contributed by atoms with Crippen LogP contribution in [-0.4, -0.2) is 9.97 Å². The normalized spacial score (nSPS) is 10.6. The minimum Gasteiger partial charge on any atom is -0.306 e. The van der Waals surface area contributed by atoms with Gasteiger partial charge in [0.05, 0.1) is 9.71 Å². The Balaban J connectivity index is 2.92. The Hall–Kier alpha value is -1.16. The van der Waals surface area contributed by atoms with E-state index in [1.807, 2.05) is 6.92 Å². The number of hydrogen-bond donors (Lipinski definition) is 1. The fourth-order valence-electron chi connectivity index (χ4n) is 0.955. The van der Waals surface area contributed by atoms with E-state index < -0.39 is 0 Å². The van der Waals surface area contributed by atoms with Crippen LogP contribution in [0.15, 0.2) is 16.9 Å². The maximum Gasteiger partial charge on any atom is 0.249 e. The lowest BCUT2D eigenvalue weighted by Crippen LogP contribution is -2.01. The van der Waals surface area contributed by atoms with Crippen LogP contribution >= 0.6 is 11.3 Å². The van der Waals surface area contributed by atoms with Crippen LogP contribution in [0, 0.1) is 6.92 Å². The van der Waals surface area contributed by atoms with Crippen molar-refractivity contribution in [3.05, 3.63) is 27.5 Å². The molecule has 0 fully saturated rings. The van der Waals surface area contributed by atoms with Gasteiger partial charge in [0, 0.05) is 6.07 Å². The fourth-order valence-corrected chi connectivity index (χ4v) is 1.74. The van der Waals surface area contributed by atoms with E-state index in [1.54, 1.807) is 17.4 Å². The number of rotatable bonds is 0. The van der Waals surface area contributed by atoms with E-state index in [9.17, 15) is 4.79 Å². The molecular formula is C7H6N2OS. The van der Waals surface area contributed by atoms with E-state index in [0.29, 0.717) is 5.65 Å². The van der Waals surface area contributed by atoms with Crippen LogP contribution in [0.3, 0.4) is 0 Å². The molecule has 2 aromatic heterocycles. The molecule has 0 radical (unpaired) electrons. The number of aromatic amines is 1. The summed E-state index contributed by atoms with van der Waals surface area (Å²) >= 11 is 1.58. The predicted molar refractivity (Wildman–Crippen MR) is 45.0 cm³/mol. The van der Waals surface area contributed by atoms with Crippen molar-refractivity contribution in [1.29, 1.82) is 0 Å². The quantitative estimate of drug-likeness (QED) is 0.641. The predicted octanol–water partition coefficient (Wildman–Crippen LogP) is 1.29.